The number of rotatable bonds is 4. The highest BCUT2D eigenvalue weighted by Crippen LogP contribution is 2.32. The fourth-order valence-electron chi connectivity index (χ4n) is 3.28. The third-order valence-corrected chi connectivity index (χ3v) is 4.44. The number of anilines is 1. The Balaban J connectivity index is 2.04. The molecule has 2 aromatic carbocycles. The number of carbonyl (C=O) groups excluding carboxylic acids is 1. The molecule has 1 aliphatic heterocycles. The van der Waals surface area contributed by atoms with Gasteiger partial charge in [-0.3, -0.25) is 4.79 Å². The molecule has 0 atom stereocenters. The number of fused-ring (bicyclic) bond motifs is 1. The SMILES string of the molecule is CNc1ccc2c(c1)CC(C)(C)NC2=CC(=O)c1ccccc1OC. The molecule has 1 aliphatic rings. The van der Waals surface area contributed by atoms with Gasteiger partial charge in [0.2, 0.25) is 0 Å². The Morgan fingerprint density at radius 2 is 2.00 bits per heavy atom. The van der Waals surface area contributed by atoms with E-state index in [1.807, 2.05) is 25.2 Å². The lowest BCUT2D eigenvalue weighted by atomic mass is 9.85. The fraction of sp³-hybridized carbons (Fsp3) is 0.286. The molecule has 0 fully saturated rings. The van der Waals surface area contributed by atoms with Crippen molar-refractivity contribution in [2.45, 2.75) is 25.8 Å². The van der Waals surface area contributed by atoms with Crippen LogP contribution in [-0.2, 0) is 6.42 Å². The van der Waals surface area contributed by atoms with Gasteiger partial charge < -0.3 is 15.4 Å². The highest BCUT2D eigenvalue weighted by Gasteiger charge is 2.28. The van der Waals surface area contributed by atoms with Gasteiger partial charge in [-0.15, -0.1) is 0 Å². The molecule has 0 bridgehead atoms. The molecule has 0 amide bonds. The van der Waals surface area contributed by atoms with Crippen LogP contribution in [0.5, 0.6) is 5.75 Å². The third kappa shape index (κ3) is 3.53. The minimum atomic E-state index is -0.119. The van der Waals surface area contributed by atoms with Crippen LogP contribution in [0.1, 0.15) is 35.3 Å². The number of allylic oxidation sites excluding steroid dienone is 1. The van der Waals surface area contributed by atoms with Crippen LogP contribution in [0.2, 0.25) is 0 Å². The molecule has 0 saturated heterocycles. The van der Waals surface area contributed by atoms with Crippen molar-refractivity contribution in [3.05, 3.63) is 65.2 Å². The van der Waals surface area contributed by atoms with Crippen LogP contribution in [0, 0.1) is 0 Å². The first-order valence-corrected chi connectivity index (χ1v) is 8.42. The summed E-state index contributed by atoms with van der Waals surface area (Å²) >= 11 is 0. The summed E-state index contributed by atoms with van der Waals surface area (Å²) < 4.78 is 5.32. The van der Waals surface area contributed by atoms with Crippen molar-refractivity contribution in [3.63, 3.8) is 0 Å². The Hall–Kier alpha value is -2.75. The minimum absolute atomic E-state index is 0.0682. The van der Waals surface area contributed by atoms with Crippen molar-refractivity contribution in [1.82, 2.24) is 5.32 Å². The van der Waals surface area contributed by atoms with Gasteiger partial charge in [-0.25, -0.2) is 0 Å². The number of hydrogen-bond donors (Lipinski definition) is 2. The van der Waals surface area contributed by atoms with Gasteiger partial charge in [-0.2, -0.15) is 0 Å². The highest BCUT2D eigenvalue weighted by atomic mass is 16.5. The summed E-state index contributed by atoms with van der Waals surface area (Å²) in [5, 5.41) is 6.68. The molecule has 0 unspecified atom stereocenters. The Kier molecular flexibility index (Phi) is 4.53. The van der Waals surface area contributed by atoms with Crippen molar-refractivity contribution in [2.24, 2.45) is 0 Å². The normalized spacial score (nSPS) is 16.7. The fourth-order valence-corrected chi connectivity index (χ4v) is 3.28. The standard InChI is InChI=1S/C21H24N2O2/c1-21(2)13-14-11-15(22-3)9-10-16(14)18(23-21)12-19(24)17-7-5-6-8-20(17)25-4/h5-12,22-23H,13H2,1-4H3. The first-order chi connectivity index (χ1) is 11.9. The van der Waals surface area contributed by atoms with Gasteiger partial charge in [-0.05, 0) is 50.1 Å². The number of ketones is 1. The molecule has 4 heteroatoms. The lowest BCUT2D eigenvalue weighted by Crippen LogP contribution is -2.43. The maximum atomic E-state index is 12.8. The predicted octanol–water partition coefficient (Wildman–Crippen LogP) is 3.89. The van der Waals surface area contributed by atoms with Crippen LogP contribution in [0.4, 0.5) is 5.69 Å². The van der Waals surface area contributed by atoms with Crippen molar-refractivity contribution >= 4 is 17.2 Å². The molecule has 3 rings (SSSR count). The van der Waals surface area contributed by atoms with Crippen LogP contribution in [0.3, 0.4) is 0 Å². The highest BCUT2D eigenvalue weighted by molar-refractivity contribution is 6.10. The van der Waals surface area contributed by atoms with E-state index >= 15 is 0 Å². The molecule has 2 aromatic rings. The Labute approximate surface area is 148 Å². The molecule has 4 nitrogen and oxygen atoms in total. The second kappa shape index (κ2) is 6.63. The van der Waals surface area contributed by atoms with Crippen molar-refractivity contribution in [3.8, 4) is 5.75 Å². The van der Waals surface area contributed by atoms with E-state index in [2.05, 4.69) is 36.6 Å². The van der Waals surface area contributed by atoms with Crippen LogP contribution in [0.25, 0.3) is 5.70 Å². The van der Waals surface area contributed by atoms with Gasteiger partial charge in [0.05, 0.1) is 12.7 Å². The van der Waals surface area contributed by atoms with Crippen LogP contribution < -0.4 is 15.4 Å². The van der Waals surface area contributed by atoms with Crippen LogP contribution in [-0.4, -0.2) is 25.5 Å². The number of ether oxygens (including phenoxy) is 1. The molecule has 130 valence electrons. The minimum Gasteiger partial charge on any atom is -0.496 e. The summed E-state index contributed by atoms with van der Waals surface area (Å²) in [4.78, 5) is 12.8. The molecule has 0 aliphatic carbocycles. The zero-order valence-electron chi connectivity index (χ0n) is 15.1. The van der Waals surface area contributed by atoms with Gasteiger partial charge in [0.1, 0.15) is 5.75 Å². The molecule has 0 spiro atoms. The van der Waals surface area contributed by atoms with Gasteiger partial charge in [-0.1, -0.05) is 18.2 Å². The van der Waals surface area contributed by atoms with E-state index in [0.29, 0.717) is 11.3 Å². The quantitative estimate of drug-likeness (QED) is 0.657. The summed E-state index contributed by atoms with van der Waals surface area (Å²) in [6, 6.07) is 13.5. The molecule has 2 N–H and O–H groups in total. The second-order valence-electron chi connectivity index (χ2n) is 6.93. The zero-order chi connectivity index (χ0) is 18.0. The van der Waals surface area contributed by atoms with E-state index in [1.165, 1.54) is 5.56 Å². The third-order valence-electron chi connectivity index (χ3n) is 4.44. The topological polar surface area (TPSA) is 50.4 Å². The van der Waals surface area contributed by atoms with Crippen molar-refractivity contribution < 1.29 is 9.53 Å². The Morgan fingerprint density at radius 1 is 1.24 bits per heavy atom. The number of hydrogen-bond acceptors (Lipinski definition) is 4. The van der Waals surface area contributed by atoms with Crippen molar-refractivity contribution in [1.29, 1.82) is 0 Å². The maximum absolute atomic E-state index is 12.8. The molecular weight excluding hydrogens is 312 g/mol. The predicted molar refractivity (Wildman–Crippen MR) is 102 cm³/mol. The maximum Gasteiger partial charge on any atom is 0.191 e. The first kappa shape index (κ1) is 17.1. The lowest BCUT2D eigenvalue weighted by Gasteiger charge is -2.36. The van der Waals surface area contributed by atoms with Crippen LogP contribution >= 0.6 is 0 Å². The van der Waals surface area contributed by atoms with Crippen LogP contribution in [0.15, 0.2) is 48.5 Å². The average Bonchev–Trinajstić information content (AvgIpc) is 2.60. The lowest BCUT2D eigenvalue weighted by molar-refractivity contribution is 0.104. The summed E-state index contributed by atoms with van der Waals surface area (Å²) in [5.74, 6) is 0.520. The first-order valence-electron chi connectivity index (χ1n) is 8.42. The summed E-state index contributed by atoms with van der Waals surface area (Å²) in [6.45, 7) is 4.28. The number of benzene rings is 2. The van der Waals surface area contributed by atoms with Crippen molar-refractivity contribution in [2.75, 3.05) is 19.5 Å². The van der Waals surface area contributed by atoms with E-state index in [9.17, 15) is 4.79 Å². The summed E-state index contributed by atoms with van der Waals surface area (Å²) in [7, 11) is 3.49. The largest absolute Gasteiger partial charge is 0.496 e. The van der Waals surface area contributed by atoms with E-state index in [4.69, 9.17) is 4.74 Å². The number of carbonyl (C=O) groups is 1. The second-order valence-corrected chi connectivity index (χ2v) is 6.93. The number of nitrogens with one attached hydrogen (secondary N) is 2. The zero-order valence-corrected chi connectivity index (χ0v) is 15.1. The molecule has 1 heterocycles. The van der Waals surface area contributed by atoms with E-state index < -0.39 is 0 Å². The average molecular weight is 336 g/mol. The molecule has 0 saturated carbocycles. The van der Waals surface area contributed by atoms with Gasteiger partial charge >= 0.3 is 0 Å². The molecule has 0 aromatic heterocycles. The number of methoxy groups -OCH3 is 1. The van der Waals surface area contributed by atoms with E-state index in [0.717, 1.165) is 23.4 Å². The Bertz CT molecular complexity index is 838. The van der Waals surface area contributed by atoms with Gasteiger partial charge in [0.25, 0.3) is 0 Å². The molecular formula is C21H24N2O2. The smallest absolute Gasteiger partial charge is 0.191 e. The molecule has 0 radical (unpaired) electrons. The summed E-state index contributed by atoms with van der Waals surface area (Å²) in [6.07, 6.45) is 2.58. The monoisotopic (exact) mass is 336 g/mol. The Morgan fingerprint density at radius 3 is 2.72 bits per heavy atom. The van der Waals surface area contributed by atoms with E-state index in [-0.39, 0.29) is 11.3 Å². The molecule has 25 heavy (non-hydrogen) atoms. The van der Waals surface area contributed by atoms with E-state index in [1.54, 1.807) is 25.3 Å². The van der Waals surface area contributed by atoms with Gasteiger partial charge in [0.15, 0.2) is 5.78 Å². The summed E-state index contributed by atoms with van der Waals surface area (Å²) in [5.41, 5.74) is 4.68. The number of para-hydroxylation sites is 1. The van der Waals surface area contributed by atoms with Gasteiger partial charge in [0, 0.05) is 35.6 Å².